The molecule has 8 heteroatoms. The predicted octanol–water partition coefficient (Wildman–Crippen LogP) is 11.1. The lowest BCUT2D eigenvalue weighted by Crippen LogP contribution is -2.07. The Bertz CT molecular complexity index is 1690. The largest absolute Gasteiger partial charge is 0.327 e. The SMILES string of the molecule is CCCCn1c(C(C)C)nc(SC(=O)c2ccc(C(=O)Sc3nc(C(C)C)n(CCCC)c3-c3ccccc3)cc2)c1-c1ccccc1. The fourth-order valence-electron chi connectivity index (χ4n) is 5.79. The smallest absolute Gasteiger partial charge is 0.225 e. The number of aromatic nitrogens is 4. The fourth-order valence-corrected chi connectivity index (χ4v) is 7.58. The molecule has 5 rings (SSSR count). The van der Waals surface area contributed by atoms with Gasteiger partial charge in [0.1, 0.15) is 21.7 Å². The second kappa shape index (κ2) is 16.5. The van der Waals surface area contributed by atoms with Crippen molar-refractivity contribution in [2.75, 3.05) is 0 Å². The van der Waals surface area contributed by atoms with Crippen LogP contribution in [0, 0.1) is 0 Å². The van der Waals surface area contributed by atoms with E-state index in [1.807, 2.05) is 36.4 Å². The Hall–Kier alpha value is -3.88. The second-order valence-electron chi connectivity index (χ2n) is 12.7. The minimum absolute atomic E-state index is 0.100. The first-order chi connectivity index (χ1) is 23.2. The van der Waals surface area contributed by atoms with Crippen molar-refractivity contribution < 1.29 is 9.59 Å². The topological polar surface area (TPSA) is 69.8 Å². The summed E-state index contributed by atoms with van der Waals surface area (Å²) >= 11 is 2.32. The number of hydrogen-bond donors (Lipinski definition) is 0. The first-order valence-electron chi connectivity index (χ1n) is 17.1. The monoisotopic (exact) mass is 678 g/mol. The van der Waals surface area contributed by atoms with Gasteiger partial charge in [0.2, 0.25) is 10.2 Å². The molecule has 0 atom stereocenters. The van der Waals surface area contributed by atoms with Gasteiger partial charge in [0, 0.05) is 47.2 Å². The van der Waals surface area contributed by atoms with Gasteiger partial charge in [-0.15, -0.1) is 0 Å². The normalized spacial score (nSPS) is 11.5. The molecule has 0 fully saturated rings. The number of benzene rings is 3. The van der Waals surface area contributed by atoms with Crippen molar-refractivity contribution in [2.24, 2.45) is 0 Å². The van der Waals surface area contributed by atoms with Crippen LogP contribution in [0.5, 0.6) is 0 Å². The van der Waals surface area contributed by atoms with Crippen LogP contribution in [0.25, 0.3) is 22.5 Å². The molecule has 5 aromatic rings. The molecule has 3 aromatic carbocycles. The molecule has 2 aromatic heterocycles. The molecule has 0 N–H and O–H groups in total. The summed E-state index contributed by atoms with van der Waals surface area (Å²) in [5, 5.41) is 1.23. The Morgan fingerprint density at radius 1 is 0.583 bits per heavy atom. The lowest BCUT2D eigenvalue weighted by Gasteiger charge is -2.14. The quantitative estimate of drug-likeness (QED) is 0.109. The molecule has 0 aliphatic rings. The number of nitrogens with zero attached hydrogens (tertiary/aromatic N) is 4. The van der Waals surface area contributed by atoms with Gasteiger partial charge in [-0.05, 0) is 60.6 Å². The summed E-state index contributed by atoms with van der Waals surface area (Å²) in [6.45, 7) is 14.7. The lowest BCUT2D eigenvalue weighted by atomic mass is 10.1. The highest BCUT2D eigenvalue weighted by molar-refractivity contribution is 8.14. The maximum Gasteiger partial charge on any atom is 0.225 e. The highest BCUT2D eigenvalue weighted by Gasteiger charge is 2.25. The van der Waals surface area contributed by atoms with Crippen LogP contribution in [0.1, 0.15) is 111 Å². The minimum atomic E-state index is -0.100. The molecule has 250 valence electrons. The van der Waals surface area contributed by atoms with E-state index in [-0.39, 0.29) is 22.1 Å². The Balaban J connectivity index is 1.41. The molecule has 0 aliphatic carbocycles. The summed E-state index contributed by atoms with van der Waals surface area (Å²) in [4.78, 5) is 37.4. The van der Waals surface area contributed by atoms with Crippen LogP contribution in [0.2, 0.25) is 0 Å². The third kappa shape index (κ3) is 8.04. The van der Waals surface area contributed by atoms with Gasteiger partial charge in [0.05, 0.1) is 11.4 Å². The van der Waals surface area contributed by atoms with Crippen LogP contribution in [0.3, 0.4) is 0 Å². The highest BCUT2D eigenvalue weighted by atomic mass is 32.2. The molecular weight excluding hydrogens is 633 g/mol. The van der Waals surface area contributed by atoms with Crippen LogP contribution in [0.4, 0.5) is 0 Å². The van der Waals surface area contributed by atoms with E-state index in [2.05, 4.69) is 74.9 Å². The maximum atomic E-state index is 13.7. The Morgan fingerprint density at radius 2 is 0.938 bits per heavy atom. The van der Waals surface area contributed by atoms with Gasteiger partial charge < -0.3 is 9.13 Å². The van der Waals surface area contributed by atoms with Gasteiger partial charge in [0.15, 0.2) is 0 Å². The maximum absolute atomic E-state index is 13.7. The molecule has 0 saturated heterocycles. The molecule has 6 nitrogen and oxygen atoms in total. The second-order valence-corrected chi connectivity index (χ2v) is 14.6. The molecular formula is C40H46N4O2S2. The van der Waals surface area contributed by atoms with Crippen molar-refractivity contribution in [1.82, 2.24) is 19.1 Å². The highest BCUT2D eigenvalue weighted by Crippen LogP contribution is 2.38. The first-order valence-corrected chi connectivity index (χ1v) is 18.7. The van der Waals surface area contributed by atoms with Gasteiger partial charge in [-0.2, -0.15) is 0 Å². The average Bonchev–Trinajstić information content (AvgIpc) is 3.65. The Kier molecular flexibility index (Phi) is 12.2. The molecule has 0 aliphatic heterocycles. The number of carbonyl (C=O) groups is 2. The number of unbranched alkanes of at least 4 members (excludes halogenated alkanes) is 2. The van der Waals surface area contributed by atoms with Crippen molar-refractivity contribution in [3.8, 4) is 22.5 Å². The third-order valence-electron chi connectivity index (χ3n) is 8.26. The third-order valence-corrected chi connectivity index (χ3v) is 10.1. The average molecular weight is 679 g/mol. The van der Waals surface area contributed by atoms with Gasteiger partial charge in [-0.3, -0.25) is 9.59 Å². The standard InChI is InChI=1S/C40H46N4O2S2/c1-7-9-25-43-33(29-17-13-11-14-18-29)37(41-35(43)27(3)4)47-39(45)31-21-23-32(24-22-31)40(46)48-38-34(30-19-15-12-16-20-30)44(26-10-8-2)36(42-38)28(5)6/h11-24,27-28H,7-10,25-26H2,1-6H3. The van der Waals surface area contributed by atoms with Crippen molar-refractivity contribution in [1.29, 1.82) is 0 Å². The minimum Gasteiger partial charge on any atom is -0.327 e. The Morgan fingerprint density at radius 3 is 1.25 bits per heavy atom. The number of carbonyl (C=O) groups excluding carboxylic acids is 2. The molecule has 0 spiro atoms. The summed E-state index contributed by atoms with van der Waals surface area (Å²) < 4.78 is 4.58. The van der Waals surface area contributed by atoms with E-state index in [0.717, 1.165) is 107 Å². The summed E-state index contributed by atoms with van der Waals surface area (Å²) in [5.41, 5.74) is 5.14. The van der Waals surface area contributed by atoms with E-state index in [1.165, 1.54) is 0 Å². The molecule has 0 bridgehead atoms. The van der Waals surface area contributed by atoms with Crippen molar-refractivity contribution >= 4 is 33.8 Å². The zero-order valence-corrected chi connectivity index (χ0v) is 30.5. The number of rotatable bonds is 14. The lowest BCUT2D eigenvalue weighted by molar-refractivity contribution is 0.107. The summed E-state index contributed by atoms with van der Waals surface area (Å²) in [6.07, 6.45) is 4.21. The summed E-state index contributed by atoms with van der Waals surface area (Å²) in [5.74, 6) is 2.41. The van der Waals surface area contributed by atoms with E-state index in [9.17, 15) is 9.59 Å². The fraction of sp³-hybridized carbons (Fsp3) is 0.350. The van der Waals surface area contributed by atoms with Crippen molar-refractivity contribution in [2.45, 2.75) is 102 Å². The van der Waals surface area contributed by atoms with E-state index in [1.54, 1.807) is 24.3 Å². The molecule has 2 heterocycles. The van der Waals surface area contributed by atoms with Gasteiger partial charge in [-0.1, -0.05) is 115 Å². The van der Waals surface area contributed by atoms with Crippen molar-refractivity contribution in [3.63, 3.8) is 0 Å². The van der Waals surface area contributed by atoms with Crippen LogP contribution >= 0.6 is 23.5 Å². The van der Waals surface area contributed by atoms with Gasteiger partial charge >= 0.3 is 0 Å². The van der Waals surface area contributed by atoms with Crippen LogP contribution in [-0.2, 0) is 13.1 Å². The first kappa shape index (κ1) is 35.4. The summed E-state index contributed by atoms with van der Waals surface area (Å²) in [6, 6.07) is 27.4. The number of thioether (sulfide) groups is 2. The van der Waals surface area contributed by atoms with Crippen molar-refractivity contribution in [3.05, 3.63) is 108 Å². The number of hydrogen-bond acceptors (Lipinski definition) is 6. The molecule has 0 unspecified atom stereocenters. The van der Waals surface area contributed by atoms with E-state index >= 15 is 0 Å². The van der Waals surface area contributed by atoms with Gasteiger partial charge in [-0.25, -0.2) is 9.97 Å². The number of imidazole rings is 2. The van der Waals surface area contributed by atoms with Crippen LogP contribution < -0.4 is 0 Å². The zero-order chi connectivity index (χ0) is 34.2. The molecule has 48 heavy (non-hydrogen) atoms. The molecule has 0 radical (unpaired) electrons. The molecule has 0 amide bonds. The van der Waals surface area contributed by atoms with E-state index in [4.69, 9.17) is 9.97 Å². The predicted molar refractivity (Wildman–Crippen MR) is 200 cm³/mol. The zero-order valence-electron chi connectivity index (χ0n) is 28.9. The van der Waals surface area contributed by atoms with Gasteiger partial charge in [0.25, 0.3) is 0 Å². The Labute approximate surface area is 293 Å². The summed E-state index contributed by atoms with van der Waals surface area (Å²) in [7, 11) is 0. The molecule has 0 saturated carbocycles. The van der Waals surface area contributed by atoms with E-state index in [0.29, 0.717) is 11.1 Å². The van der Waals surface area contributed by atoms with Crippen LogP contribution in [0.15, 0.2) is 95.0 Å². The van der Waals surface area contributed by atoms with E-state index < -0.39 is 0 Å². The van der Waals surface area contributed by atoms with Crippen LogP contribution in [-0.4, -0.2) is 29.3 Å².